The van der Waals surface area contributed by atoms with Gasteiger partial charge in [-0.15, -0.1) is 0 Å². The maximum absolute atomic E-state index is 14.2. The van der Waals surface area contributed by atoms with Crippen molar-refractivity contribution < 1.29 is 18.1 Å². The molecule has 1 amide bonds. The highest BCUT2D eigenvalue weighted by Gasteiger charge is 2.31. The van der Waals surface area contributed by atoms with E-state index in [-0.39, 0.29) is 17.6 Å². The number of hydrogen-bond acceptors (Lipinski definition) is 5. The highest BCUT2D eigenvalue weighted by molar-refractivity contribution is 5.95. The number of amides is 1. The summed E-state index contributed by atoms with van der Waals surface area (Å²) < 4.78 is 34.6. The molecule has 0 spiro atoms. The number of benzene rings is 2. The SMILES string of the molecule is Cc1c(C(=O)N2CCCC(c3nc(-c4cccc(F)c4)no3)C2)cnn1-c1ccccc1F. The van der Waals surface area contributed by atoms with Crippen molar-refractivity contribution in [2.24, 2.45) is 0 Å². The smallest absolute Gasteiger partial charge is 0.257 e. The van der Waals surface area contributed by atoms with Gasteiger partial charge in [0, 0.05) is 18.7 Å². The van der Waals surface area contributed by atoms with Gasteiger partial charge in [-0.1, -0.05) is 29.4 Å². The minimum atomic E-state index is -0.411. The number of para-hydroxylation sites is 1. The predicted molar refractivity (Wildman–Crippen MR) is 116 cm³/mol. The van der Waals surface area contributed by atoms with Crippen LogP contribution in [-0.2, 0) is 0 Å². The van der Waals surface area contributed by atoms with E-state index in [9.17, 15) is 13.6 Å². The van der Waals surface area contributed by atoms with Crippen molar-refractivity contribution >= 4 is 5.91 Å². The largest absolute Gasteiger partial charge is 0.339 e. The van der Waals surface area contributed by atoms with Gasteiger partial charge in [0.25, 0.3) is 5.91 Å². The first-order chi connectivity index (χ1) is 16.0. The van der Waals surface area contributed by atoms with Crippen LogP contribution in [0.5, 0.6) is 0 Å². The minimum Gasteiger partial charge on any atom is -0.339 e. The van der Waals surface area contributed by atoms with E-state index in [1.54, 1.807) is 42.2 Å². The maximum Gasteiger partial charge on any atom is 0.257 e. The van der Waals surface area contributed by atoms with E-state index in [0.717, 1.165) is 12.8 Å². The lowest BCUT2D eigenvalue weighted by molar-refractivity contribution is 0.0695. The third-order valence-electron chi connectivity index (χ3n) is 5.90. The molecule has 4 aromatic rings. The van der Waals surface area contributed by atoms with Crippen molar-refractivity contribution in [3.05, 3.63) is 83.5 Å². The zero-order valence-electron chi connectivity index (χ0n) is 17.9. The summed E-state index contributed by atoms with van der Waals surface area (Å²) in [5.74, 6) is -0.351. The Labute approximate surface area is 188 Å². The molecule has 168 valence electrons. The molecule has 1 atom stereocenters. The van der Waals surface area contributed by atoms with E-state index in [1.165, 1.54) is 29.1 Å². The average molecular weight is 449 g/mol. The van der Waals surface area contributed by atoms with E-state index in [4.69, 9.17) is 4.52 Å². The summed E-state index contributed by atoms with van der Waals surface area (Å²) in [4.78, 5) is 19.4. The Balaban J connectivity index is 1.35. The van der Waals surface area contributed by atoms with Crippen LogP contribution in [0.4, 0.5) is 8.78 Å². The Hall–Kier alpha value is -3.88. The van der Waals surface area contributed by atoms with Crippen LogP contribution in [0.15, 0.2) is 59.3 Å². The molecular formula is C24H21F2N5O2. The Morgan fingerprint density at radius 1 is 1.15 bits per heavy atom. The standard InChI is InChI=1S/C24H21F2N5O2/c1-15-19(13-27-31(15)21-10-3-2-9-20(21)26)24(32)30-11-5-7-17(14-30)23-28-22(29-33-23)16-6-4-8-18(25)12-16/h2-4,6,8-10,12-13,17H,5,7,11,14H2,1H3. The molecular weight excluding hydrogens is 428 g/mol. The summed E-state index contributed by atoms with van der Waals surface area (Å²) in [6, 6.07) is 12.3. The van der Waals surface area contributed by atoms with Gasteiger partial charge in [0.15, 0.2) is 0 Å². The predicted octanol–water partition coefficient (Wildman–Crippen LogP) is 4.53. The molecule has 0 aliphatic carbocycles. The van der Waals surface area contributed by atoms with E-state index in [0.29, 0.717) is 47.3 Å². The number of likely N-dealkylation sites (tertiary alicyclic amines) is 1. The lowest BCUT2D eigenvalue weighted by Crippen LogP contribution is -2.39. The summed E-state index contributed by atoms with van der Waals surface area (Å²) in [5.41, 5.74) is 1.81. The zero-order chi connectivity index (χ0) is 22.9. The highest BCUT2D eigenvalue weighted by atomic mass is 19.1. The molecule has 0 bridgehead atoms. The minimum absolute atomic E-state index is 0.126. The topological polar surface area (TPSA) is 77.1 Å². The molecule has 1 unspecified atom stereocenters. The second-order valence-corrected chi connectivity index (χ2v) is 8.06. The number of carbonyl (C=O) groups excluding carboxylic acids is 1. The van der Waals surface area contributed by atoms with Crippen LogP contribution < -0.4 is 0 Å². The second-order valence-electron chi connectivity index (χ2n) is 8.06. The summed E-state index contributed by atoms with van der Waals surface area (Å²) in [6.07, 6.45) is 3.04. The van der Waals surface area contributed by atoms with Crippen LogP contribution in [0.3, 0.4) is 0 Å². The number of hydrogen-bond donors (Lipinski definition) is 0. The molecule has 1 saturated heterocycles. The van der Waals surface area contributed by atoms with Gasteiger partial charge in [-0.3, -0.25) is 4.79 Å². The van der Waals surface area contributed by atoms with E-state index >= 15 is 0 Å². The molecule has 3 heterocycles. The number of nitrogens with zero attached hydrogens (tertiary/aromatic N) is 5. The third kappa shape index (κ3) is 4.02. The first-order valence-electron chi connectivity index (χ1n) is 10.7. The van der Waals surface area contributed by atoms with Crippen molar-refractivity contribution in [1.82, 2.24) is 24.8 Å². The Bertz CT molecular complexity index is 1320. The van der Waals surface area contributed by atoms with Gasteiger partial charge in [-0.25, -0.2) is 13.5 Å². The highest BCUT2D eigenvalue weighted by Crippen LogP contribution is 2.29. The molecule has 5 rings (SSSR count). The van der Waals surface area contributed by atoms with Gasteiger partial charge < -0.3 is 9.42 Å². The Morgan fingerprint density at radius 2 is 2.00 bits per heavy atom. The molecule has 2 aromatic heterocycles. The monoisotopic (exact) mass is 449 g/mol. The number of rotatable bonds is 4. The molecule has 0 radical (unpaired) electrons. The second kappa shape index (κ2) is 8.57. The van der Waals surface area contributed by atoms with Crippen LogP contribution in [0, 0.1) is 18.6 Å². The fraction of sp³-hybridized carbons (Fsp3) is 0.250. The van der Waals surface area contributed by atoms with Crippen molar-refractivity contribution in [1.29, 1.82) is 0 Å². The third-order valence-corrected chi connectivity index (χ3v) is 5.90. The molecule has 1 fully saturated rings. The summed E-state index contributed by atoms with van der Waals surface area (Å²) in [6.45, 7) is 2.75. The zero-order valence-corrected chi connectivity index (χ0v) is 17.9. The van der Waals surface area contributed by atoms with E-state index in [2.05, 4.69) is 15.2 Å². The lowest BCUT2D eigenvalue weighted by atomic mass is 9.97. The Kier molecular flexibility index (Phi) is 5.45. The fourth-order valence-corrected chi connectivity index (χ4v) is 4.17. The van der Waals surface area contributed by atoms with Crippen molar-refractivity contribution in [2.45, 2.75) is 25.7 Å². The fourth-order valence-electron chi connectivity index (χ4n) is 4.17. The molecule has 7 nitrogen and oxygen atoms in total. The van der Waals surface area contributed by atoms with Gasteiger partial charge in [-0.2, -0.15) is 10.1 Å². The van der Waals surface area contributed by atoms with Gasteiger partial charge >= 0.3 is 0 Å². The van der Waals surface area contributed by atoms with Gasteiger partial charge in [0.1, 0.15) is 17.3 Å². The van der Waals surface area contributed by atoms with Crippen molar-refractivity contribution in [3.63, 3.8) is 0 Å². The Morgan fingerprint density at radius 3 is 2.82 bits per heavy atom. The molecule has 0 N–H and O–H groups in total. The number of halogens is 2. The van der Waals surface area contributed by atoms with Crippen LogP contribution >= 0.6 is 0 Å². The number of piperidine rings is 1. The molecule has 33 heavy (non-hydrogen) atoms. The maximum atomic E-state index is 14.2. The first-order valence-corrected chi connectivity index (χ1v) is 10.7. The first kappa shape index (κ1) is 21.0. The molecule has 9 heteroatoms. The molecule has 1 aliphatic heterocycles. The van der Waals surface area contributed by atoms with Crippen LogP contribution in [0.1, 0.15) is 40.7 Å². The number of carbonyl (C=O) groups is 1. The molecule has 2 aromatic carbocycles. The summed E-state index contributed by atoms with van der Waals surface area (Å²) >= 11 is 0. The van der Waals surface area contributed by atoms with Gasteiger partial charge in [0.2, 0.25) is 11.7 Å². The summed E-state index contributed by atoms with van der Waals surface area (Å²) in [5, 5.41) is 8.23. The van der Waals surface area contributed by atoms with E-state index < -0.39 is 5.82 Å². The van der Waals surface area contributed by atoms with Crippen molar-refractivity contribution in [2.75, 3.05) is 13.1 Å². The summed E-state index contributed by atoms with van der Waals surface area (Å²) in [7, 11) is 0. The van der Waals surface area contributed by atoms with Gasteiger partial charge in [-0.05, 0) is 44.0 Å². The van der Waals surface area contributed by atoms with Crippen LogP contribution in [0.2, 0.25) is 0 Å². The quantitative estimate of drug-likeness (QED) is 0.458. The normalized spacial score (nSPS) is 16.2. The molecule has 0 saturated carbocycles. The van der Waals surface area contributed by atoms with Crippen molar-refractivity contribution in [3.8, 4) is 17.1 Å². The molecule has 1 aliphatic rings. The van der Waals surface area contributed by atoms with Crippen LogP contribution in [-0.4, -0.2) is 43.8 Å². The average Bonchev–Trinajstić information content (AvgIpc) is 3.47. The van der Waals surface area contributed by atoms with E-state index in [1.807, 2.05) is 0 Å². The number of aromatic nitrogens is 4. The lowest BCUT2D eigenvalue weighted by Gasteiger charge is -2.31. The van der Waals surface area contributed by atoms with Gasteiger partial charge in [0.05, 0.1) is 23.4 Å². The van der Waals surface area contributed by atoms with Crippen LogP contribution in [0.25, 0.3) is 17.1 Å².